The average Bonchev–Trinajstić information content (AvgIpc) is 2.52. The van der Waals surface area contributed by atoms with E-state index in [0.29, 0.717) is 17.7 Å². The Kier molecular flexibility index (Phi) is 4.23. The Morgan fingerprint density at radius 1 is 1.73 bits per heavy atom. The molecule has 1 atom stereocenters. The van der Waals surface area contributed by atoms with E-state index in [0.717, 1.165) is 19.5 Å². The molecule has 11 heavy (non-hydrogen) atoms. The summed E-state index contributed by atoms with van der Waals surface area (Å²) in [5.74, 6) is 0. The highest BCUT2D eigenvalue weighted by Gasteiger charge is 2.14. The predicted molar refractivity (Wildman–Crippen MR) is 47.0 cm³/mol. The second-order valence-corrected chi connectivity index (χ2v) is 3.19. The van der Waals surface area contributed by atoms with Crippen LogP contribution in [0, 0.1) is 0 Å². The standard InChI is InChI=1S/C7H11Cl2NO/c8-3-6(9)5-11-7-1-2-10-4-7/h3,7,10H,1-2,4-5H2. The SMILES string of the molecule is ClC=C(Cl)COC1CCNC1. The fourth-order valence-corrected chi connectivity index (χ4v) is 1.13. The Labute approximate surface area is 76.5 Å². The normalized spacial score (nSPS) is 26.0. The van der Waals surface area contributed by atoms with Crippen LogP contribution in [-0.4, -0.2) is 25.8 Å². The van der Waals surface area contributed by atoms with Gasteiger partial charge in [0.15, 0.2) is 0 Å². The molecule has 2 nitrogen and oxygen atoms in total. The highest BCUT2D eigenvalue weighted by atomic mass is 35.5. The van der Waals surface area contributed by atoms with Gasteiger partial charge in [-0.25, -0.2) is 0 Å². The first-order chi connectivity index (χ1) is 5.33. The van der Waals surface area contributed by atoms with Crippen LogP contribution in [0.5, 0.6) is 0 Å². The van der Waals surface area contributed by atoms with Crippen LogP contribution >= 0.6 is 23.2 Å². The van der Waals surface area contributed by atoms with Gasteiger partial charge in [0.1, 0.15) is 0 Å². The molecule has 1 N–H and O–H groups in total. The van der Waals surface area contributed by atoms with Crippen molar-refractivity contribution in [3.8, 4) is 0 Å². The summed E-state index contributed by atoms with van der Waals surface area (Å²) in [6.07, 6.45) is 1.37. The molecule has 0 spiro atoms. The van der Waals surface area contributed by atoms with E-state index in [-0.39, 0.29) is 0 Å². The van der Waals surface area contributed by atoms with E-state index in [1.54, 1.807) is 0 Å². The van der Waals surface area contributed by atoms with Gasteiger partial charge in [0, 0.05) is 12.1 Å². The smallest absolute Gasteiger partial charge is 0.0836 e. The van der Waals surface area contributed by atoms with Crippen LogP contribution in [-0.2, 0) is 4.74 Å². The van der Waals surface area contributed by atoms with E-state index in [1.807, 2.05) is 0 Å². The largest absolute Gasteiger partial charge is 0.371 e. The third kappa shape index (κ3) is 3.43. The molecule has 0 amide bonds. The van der Waals surface area contributed by atoms with Crippen molar-refractivity contribution in [3.63, 3.8) is 0 Å². The first-order valence-corrected chi connectivity index (χ1v) is 4.41. The number of hydrogen-bond acceptors (Lipinski definition) is 2. The molecule has 1 rings (SSSR count). The lowest BCUT2D eigenvalue weighted by atomic mass is 10.3. The van der Waals surface area contributed by atoms with Crippen molar-refractivity contribution in [2.45, 2.75) is 12.5 Å². The van der Waals surface area contributed by atoms with Crippen LogP contribution in [0.25, 0.3) is 0 Å². The number of nitrogens with one attached hydrogen (secondary N) is 1. The molecule has 0 aromatic rings. The lowest BCUT2D eigenvalue weighted by Gasteiger charge is -2.08. The number of rotatable bonds is 3. The van der Waals surface area contributed by atoms with Crippen molar-refractivity contribution in [2.24, 2.45) is 0 Å². The van der Waals surface area contributed by atoms with Gasteiger partial charge in [0.05, 0.1) is 17.7 Å². The minimum Gasteiger partial charge on any atom is -0.371 e. The Balaban J connectivity index is 2.11. The van der Waals surface area contributed by atoms with Crippen molar-refractivity contribution in [1.29, 1.82) is 0 Å². The molecule has 0 radical (unpaired) electrons. The third-order valence-electron chi connectivity index (χ3n) is 1.59. The molecule has 1 fully saturated rings. The van der Waals surface area contributed by atoms with Crippen LogP contribution < -0.4 is 5.32 Å². The number of hydrogen-bond donors (Lipinski definition) is 1. The molecule has 64 valence electrons. The summed E-state index contributed by atoms with van der Waals surface area (Å²) >= 11 is 11.0. The fourth-order valence-electron chi connectivity index (χ4n) is 0.999. The summed E-state index contributed by atoms with van der Waals surface area (Å²) in [4.78, 5) is 0. The van der Waals surface area contributed by atoms with E-state index < -0.39 is 0 Å². The predicted octanol–water partition coefficient (Wildman–Crippen LogP) is 1.68. The maximum Gasteiger partial charge on any atom is 0.0836 e. The van der Waals surface area contributed by atoms with Crippen LogP contribution in [0.1, 0.15) is 6.42 Å². The second-order valence-electron chi connectivity index (χ2n) is 2.48. The maximum absolute atomic E-state index is 5.63. The maximum atomic E-state index is 5.63. The molecule has 0 aliphatic carbocycles. The molecule has 1 saturated heterocycles. The Morgan fingerprint density at radius 2 is 2.55 bits per heavy atom. The summed E-state index contributed by atoms with van der Waals surface area (Å²) < 4.78 is 5.41. The van der Waals surface area contributed by atoms with Crippen molar-refractivity contribution >= 4 is 23.2 Å². The zero-order valence-corrected chi connectivity index (χ0v) is 7.66. The quantitative estimate of drug-likeness (QED) is 0.741. The van der Waals surface area contributed by atoms with Gasteiger partial charge >= 0.3 is 0 Å². The van der Waals surface area contributed by atoms with Gasteiger partial charge in [-0.15, -0.1) is 0 Å². The van der Waals surface area contributed by atoms with Crippen LogP contribution in [0.3, 0.4) is 0 Å². The zero-order chi connectivity index (χ0) is 8.10. The molecule has 4 heteroatoms. The lowest BCUT2D eigenvalue weighted by molar-refractivity contribution is 0.0877. The second kappa shape index (κ2) is 4.99. The van der Waals surface area contributed by atoms with Crippen molar-refractivity contribution in [1.82, 2.24) is 5.32 Å². The van der Waals surface area contributed by atoms with Crippen LogP contribution in [0.2, 0.25) is 0 Å². The van der Waals surface area contributed by atoms with E-state index in [9.17, 15) is 0 Å². The minimum absolute atomic E-state index is 0.306. The molecule has 1 aliphatic rings. The fraction of sp³-hybridized carbons (Fsp3) is 0.714. The number of halogens is 2. The highest BCUT2D eigenvalue weighted by Crippen LogP contribution is 2.08. The Morgan fingerprint density at radius 3 is 3.09 bits per heavy atom. The summed E-state index contributed by atoms with van der Waals surface area (Å²) in [6.45, 7) is 2.39. The van der Waals surface area contributed by atoms with E-state index >= 15 is 0 Å². The van der Waals surface area contributed by atoms with Crippen molar-refractivity contribution < 1.29 is 4.74 Å². The van der Waals surface area contributed by atoms with Crippen LogP contribution in [0.4, 0.5) is 0 Å². The molecule has 0 aromatic carbocycles. The third-order valence-corrected chi connectivity index (χ3v) is 2.18. The first-order valence-electron chi connectivity index (χ1n) is 3.60. The summed E-state index contributed by atoms with van der Waals surface area (Å²) in [6, 6.07) is 0. The zero-order valence-electron chi connectivity index (χ0n) is 6.15. The van der Waals surface area contributed by atoms with Crippen molar-refractivity contribution in [2.75, 3.05) is 19.7 Å². The molecule has 0 saturated carbocycles. The first kappa shape index (κ1) is 9.33. The van der Waals surface area contributed by atoms with Crippen molar-refractivity contribution in [3.05, 3.63) is 10.6 Å². The molecule has 0 bridgehead atoms. The molecule has 0 aromatic heterocycles. The summed E-state index contributed by atoms with van der Waals surface area (Å²) in [5, 5.41) is 3.75. The summed E-state index contributed by atoms with van der Waals surface area (Å²) in [5.41, 5.74) is 1.34. The Hall–Kier alpha value is 0.240. The molecule has 1 aliphatic heterocycles. The molecular weight excluding hydrogens is 185 g/mol. The average molecular weight is 196 g/mol. The monoisotopic (exact) mass is 195 g/mol. The van der Waals surface area contributed by atoms with E-state index in [1.165, 1.54) is 5.54 Å². The van der Waals surface area contributed by atoms with Gasteiger partial charge in [-0.1, -0.05) is 23.2 Å². The van der Waals surface area contributed by atoms with E-state index in [4.69, 9.17) is 27.9 Å². The molecule has 1 heterocycles. The highest BCUT2D eigenvalue weighted by molar-refractivity contribution is 6.36. The molecular formula is C7H11Cl2NO. The van der Waals surface area contributed by atoms with Crippen LogP contribution in [0.15, 0.2) is 10.6 Å². The van der Waals surface area contributed by atoms with Gasteiger partial charge < -0.3 is 10.1 Å². The van der Waals surface area contributed by atoms with Gasteiger partial charge in [0.2, 0.25) is 0 Å². The van der Waals surface area contributed by atoms with Gasteiger partial charge in [0.25, 0.3) is 0 Å². The van der Waals surface area contributed by atoms with E-state index in [2.05, 4.69) is 5.32 Å². The number of ether oxygens (including phenoxy) is 1. The Bertz CT molecular complexity index is 143. The molecule has 1 unspecified atom stereocenters. The summed E-state index contributed by atoms with van der Waals surface area (Å²) in [7, 11) is 0. The van der Waals surface area contributed by atoms with Gasteiger partial charge in [-0.2, -0.15) is 0 Å². The van der Waals surface area contributed by atoms with Gasteiger partial charge in [-0.3, -0.25) is 0 Å². The minimum atomic E-state index is 0.306. The topological polar surface area (TPSA) is 21.3 Å². The van der Waals surface area contributed by atoms with Gasteiger partial charge in [-0.05, 0) is 13.0 Å². The lowest BCUT2D eigenvalue weighted by Crippen LogP contribution is -2.17.